The molecule has 0 aliphatic heterocycles. The third kappa shape index (κ3) is 3.98. The molecule has 53 heavy (non-hydrogen) atoms. The highest BCUT2D eigenvalue weighted by Gasteiger charge is 2.22. The molecule has 12 aromatic rings. The molecule has 0 radical (unpaired) electrons. The fourth-order valence-electron chi connectivity index (χ4n) is 8.23. The van der Waals surface area contributed by atoms with Crippen LogP contribution in [0.2, 0.25) is 0 Å². The first-order chi connectivity index (χ1) is 26.3. The van der Waals surface area contributed by atoms with Gasteiger partial charge >= 0.3 is 0 Å². The average molecular weight is 683 g/mol. The third-order valence-corrected chi connectivity index (χ3v) is 10.5. The van der Waals surface area contributed by atoms with Gasteiger partial charge in [-0.15, -0.1) is 0 Å². The summed E-state index contributed by atoms with van der Waals surface area (Å²) in [5, 5.41) is 8.66. The largest absolute Gasteiger partial charge is 0.457 e. The van der Waals surface area contributed by atoms with Gasteiger partial charge < -0.3 is 13.6 Å². The number of pyridine rings is 2. The summed E-state index contributed by atoms with van der Waals surface area (Å²) in [5.41, 5.74) is 7.28. The topological polar surface area (TPSA) is 71.2 Å². The Morgan fingerprint density at radius 3 is 1.30 bits per heavy atom. The summed E-state index contributed by atoms with van der Waals surface area (Å²) in [7, 11) is 0. The lowest BCUT2D eigenvalue weighted by Crippen LogP contribution is -1.97. The van der Waals surface area contributed by atoms with Crippen molar-refractivity contribution in [3.05, 3.63) is 158 Å². The Morgan fingerprint density at radius 1 is 0.396 bits per heavy atom. The second-order valence-electron chi connectivity index (χ2n) is 13.4. The molecule has 0 saturated heterocycles. The summed E-state index contributed by atoms with van der Waals surface area (Å²) in [6, 6.07) is 49.5. The highest BCUT2D eigenvalue weighted by Crippen LogP contribution is 2.43. The molecular weight excluding hydrogens is 657 g/mol. The average Bonchev–Trinajstić information content (AvgIpc) is 3.96. The van der Waals surface area contributed by atoms with Crippen molar-refractivity contribution in [2.24, 2.45) is 0 Å². The van der Waals surface area contributed by atoms with Crippen LogP contribution in [-0.2, 0) is 0 Å². The predicted molar refractivity (Wildman–Crippen MR) is 212 cm³/mol. The van der Waals surface area contributed by atoms with Crippen molar-refractivity contribution in [1.82, 2.24) is 19.1 Å². The molecule has 0 atom stereocenters. The highest BCUT2D eigenvalue weighted by molar-refractivity contribution is 6.23. The lowest BCUT2D eigenvalue weighted by molar-refractivity contribution is 0.484. The van der Waals surface area contributed by atoms with Crippen molar-refractivity contribution in [1.29, 1.82) is 0 Å². The number of para-hydroxylation sites is 2. The number of rotatable bonds is 4. The van der Waals surface area contributed by atoms with Crippen LogP contribution in [0.25, 0.3) is 99.1 Å². The summed E-state index contributed by atoms with van der Waals surface area (Å²) >= 11 is 0. The predicted octanol–water partition coefficient (Wildman–Crippen LogP) is 12.3. The summed E-state index contributed by atoms with van der Waals surface area (Å²) in [4.78, 5) is 9.58. The van der Waals surface area contributed by atoms with Gasteiger partial charge in [0.25, 0.3) is 0 Å². The van der Waals surface area contributed by atoms with Crippen molar-refractivity contribution < 1.29 is 13.6 Å². The number of ether oxygens (including phenoxy) is 1. The molecule has 0 spiro atoms. The molecule has 0 aliphatic carbocycles. The van der Waals surface area contributed by atoms with Crippen LogP contribution < -0.4 is 4.74 Å². The first-order valence-corrected chi connectivity index (χ1v) is 17.6. The van der Waals surface area contributed by atoms with E-state index in [0.29, 0.717) is 11.5 Å². The van der Waals surface area contributed by atoms with E-state index in [-0.39, 0.29) is 0 Å². The zero-order valence-corrected chi connectivity index (χ0v) is 28.0. The number of furan rings is 2. The van der Waals surface area contributed by atoms with Gasteiger partial charge in [0.2, 0.25) is 0 Å². The van der Waals surface area contributed by atoms with Gasteiger partial charge in [-0.1, -0.05) is 60.7 Å². The molecule has 12 rings (SSSR count). The maximum absolute atomic E-state index is 6.72. The van der Waals surface area contributed by atoms with Crippen LogP contribution in [0.5, 0.6) is 11.5 Å². The summed E-state index contributed by atoms with van der Waals surface area (Å²) in [5.74, 6) is 3.02. The fourth-order valence-corrected chi connectivity index (χ4v) is 8.23. The van der Waals surface area contributed by atoms with Crippen molar-refractivity contribution in [2.75, 3.05) is 0 Å². The van der Waals surface area contributed by atoms with Crippen LogP contribution in [0.4, 0.5) is 0 Å². The van der Waals surface area contributed by atoms with E-state index in [4.69, 9.17) is 23.5 Å². The number of benzene rings is 6. The first kappa shape index (κ1) is 28.3. The van der Waals surface area contributed by atoms with E-state index in [9.17, 15) is 0 Å². The van der Waals surface area contributed by atoms with Gasteiger partial charge in [0.1, 0.15) is 34.3 Å². The Labute approximate surface area is 300 Å². The molecule has 0 fully saturated rings. The second-order valence-corrected chi connectivity index (χ2v) is 13.4. The number of hydrogen-bond donors (Lipinski definition) is 0. The van der Waals surface area contributed by atoms with Crippen LogP contribution in [0, 0.1) is 0 Å². The van der Waals surface area contributed by atoms with Crippen LogP contribution in [-0.4, -0.2) is 19.1 Å². The van der Waals surface area contributed by atoms with Crippen molar-refractivity contribution >= 4 is 87.5 Å². The van der Waals surface area contributed by atoms with Gasteiger partial charge in [0, 0.05) is 67.6 Å². The monoisotopic (exact) mass is 682 g/mol. The number of fused-ring (bicyclic) bond motifs is 14. The summed E-state index contributed by atoms with van der Waals surface area (Å²) < 4.78 is 24.2. The van der Waals surface area contributed by atoms with E-state index in [1.165, 1.54) is 0 Å². The van der Waals surface area contributed by atoms with E-state index in [2.05, 4.69) is 69.8 Å². The third-order valence-electron chi connectivity index (χ3n) is 10.5. The molecule has 248 valence electrons. The lowest BCUT2D eigenvalue weighted by Gasteiger charge is -2.10. The zero-order valence-electron chi connectivity index (χ0n) is 28.0. The fraction of sp³-hybridized carbons (Fsp3) is 0. The highest BCUT2D eigenvalue weighted by atomic mass is 16.5. The summed E-state index contributed by atoms with van der Waals surface area (Å²) in [6.45, 7) is 0. The quantitative estimate of drug-likeness (QED) is 0.185. The number of aromatic nitrogens is 4. The molecule has 7 heteroatoms. The normalized spacial score (nSPS) is 12.2. The van der Waals surface area contributed by atoms with Gasteiger partial charge in [0.05, 0.1) is 22.1 Å². The smallest absolute Gasteiger partial charge is 0.160 e. The van der Waals surface area contributed by atoms with Crippen LogP contribution >= 0.6 is 0 Å². The minimum absolute atomic E-state index is 0.706. The molecule has 0 saturated carbocycles. The van der Waals surface area contributed by atoms with Crippen LogP contribution in [0.1, 0.15) is 0 Å². The molecule has 6 aromatic carbocycles. The molecule has 0 aliphatic rings. The van der Waals surface area contributed by atoms with E-state index >= 15 is 0 Å². The van der Waals surface area contributed by atoms with Crippen molar-refractivity contribution in [3.8, 4) is 23.1 Å². The Morgan fingerprint density at radius 2 is 0.830 bits per heavy atom. The number of nitrogens with zero attached hydrogens (tertiary/aromatic N) is 4. The minimum Gasteiger partial charge on any atom is -0.457 e. The van der Waals surface area contributed by atoms with Gasteiger partial charge in [-0.05, 0) is 72.8 Å². The first-order valence-electron chi connectivity index (χ1n) is 17.6. The molecule has 0 N–H and O–H groups in total. The maximum Gasteiger partial charge on any atom is 0.160 e. The second kappa shape index (κ2) is 10.6. The van der Waals surface area contributed by atoms with E-state index in [0.717, 1.165) is 99.1 Å². The molecule has 7 nitrogen and oxygen atoms in total. The van der Waals surface area contributed by atoms with E-state index < -0.39 is 0 Å². The molecular formula is C46H26N4O3. The maximum atomic E-state index is 6.72. The SMILES string of the molecule is c1ccc(-n2c3cc(Oc4ccc5c6ccc7c8ccccc8oc7c6n(-c6ccccn6)c5c4)ccc3c3ccc4c5ccccc5oc4c32)nc1. The molecule has 6 heterocycles. The molecule has 0 bridgehead atoms. The Bertz CT molecular complexity index is 3200. The lowest BCUT2D eigenvalue weighted by atomic mass is 10.1. The molecule has 0 amide bonds. The molecule has 0 unspecified atom stereocenters. The minimum atomic E-state index is 0.706. The summed E-state index contributed by atoms with van der Waals surface area (Å²) in [6.07, 6.45) is 3.64. The standard InChI is InChI=1S/C46H26N4O3/c1-3-11-39-31(9-1)35-21-19-33-29-17-15-27(25-37(29)49(43(33)45(35)52-39)41-13-5-7-23-47-41)51-28-16-18-30-34-20-22-36-32-10-2-4-12-40(32)53-46(36)44(34)50(38(30)26-28)42-14-6-8-24-48-42/h1-26H. The number of hydrogen-bond acceptors (Lipinski definition) is 5. The van der Waals surface area contributed by atoms with Gasteiger partial charge in [-0.2, -0.15) is 0 Å². The Balaban J connectivity index is 1.07. The molecule has 6 aromatic heterocycles. The van der Waals surface area contributed by atoms with E-state index in [1.54, 1.807) is 0 Å². The Kier molecular flexibility index (Phi) is 5.65. The van der Waals surface area contributed by atoms with E-state index in [1.807, 2.05) is 97.3 Å². The van der Waals surface area contributed by atoms with Gasteiger partial charge in [-0.25, -0.2) is 9.97 Å². The van der Waals surface area contributed by atoms with Crippen molar-refractivity contribution in [3.63, 3.8) is 0 Å². The van der Waals surface area contributed by atoms with Crippen LogP contribution in [0.15, 0.2) is 167 Å². The Hall–Kier alpha value is -7.38. The van der Waals surface area contributed by atoms with Crippen molar-refractivity contribution in [2.45, 2.75) is 0 Å². The zero-order chi connectivity index (χ0) is 34.6. The van der Waals surface area contributed by atoms with Gasteiger partial charge in [0.15, 0.2) is 11.2 Å². The van der Waals surface area contributed by atoms with Gasteiger partial charge in [-0.3, -0.25) is 9.13 Å². The van der Waals surface area contributed by atoms with Crippen LogP contribution in [0.3, 0.4) is 0 Å².